The van der Waals surface area contributed by atoms with E-state index in [4.69, 9.17) is 0 Å². The Balaban J connectivity index is 1.46. The molecule has 1 saturated heterocycles. The molecule has 2 aromatic carbocycles. The van der Waals surface area contributed by atoms with Crippen LogP contribution in [0.5, 0.6) is 0 Å². The molecule has 1 unspecified atom stereocenters. The van der Waals surface area contributed by atoms with Gasteiger partial charge in [-0.2, -0.15) is 0 Å². The molecule has 1 aliphatic rings. The topological polar surface area (TPSA) is 89.5 Å². The summed E-state index contributed by atoms with van der Waals surface area (Å²) < 4.78 is 0. The molecule has 1 aromatic heterocycles. The SMILES string of the molecule is O=C1CN(C(=O)c2ccc3nc[nH]c3c2)CC(O)CN1CCc1ccccc1. The fraction of sp³-hybridized carbons (Fsp3) is 0.286. The molecule has 3 aromatic rings. The van der Waals surface area contributed by atoms with Crippen molar-refractivity contribution in [1.82, 2.24) is 19.8 Å². The summed E-state index contributed by atoms with van der Waals surface area (Å²) >= 11 is 0. The number of aliphatic hydroxyl groups excluding tert-OH is 1. The van der Waals surface area contributed by atoms with Gasteiger partial charge in [-0.15, -0.1) is 0 Å². The molecule has 4 rings (SSSR count). The average molecular weight is 378 g/mol. The number of nitrogens with zero attached hydrogens (tertiary/aromatic N) is 3. The van der Waals surface area contributed by atoms with Crippen LogP contribution in [-0.2, 0) is 11.2 Å². The van der Waals surface area contributed by atoms with Crippen LogP contribution in [0.1, 0.15) is 15.9 Å². The third kappa shape index (κ3) is 3.89. The van der Waals surface area contributed by atoms with Crippen molar-refractivity contribution in [2.24, 2.45) is 0 Å². The molecule has 28 heavy (non-hydrogen) atoms. The number of imidazole rings is 1. The summed E-state index contributed by atoms with van der Waals surface area (Å²) in [5, 5.41) is 10.4. The minimum absolute atomic E-state index is 0.0360. The quantitative estimate of drug-likeness (QED) is 0.719. The molecule has 7 heteroatoms. The molecule has 2 amide bonds. The van der Waals surface area contributed by atoms with E-state index < -0.39 is 6.10 Å². The number of fused-ring (bicyclic) bond motifs is 1. The highest BCUT2D eigenvalue weighted by molar-refractivity contribution is 5.99. The first-order valence-electron chi connectivity index (χ1n) is 9.32. The second kappa shape index (κ2) is 7.82. The van der Waals surface area contributed by atoms with Crippen molar-refractivity contribution in [3.63, 3.8) is 0 Å². The van der Waals surface area contributed by atoms with Gasteiger partial charge in [-0.25, -0.2) is 4.98 Å². The van der Waals surface area contributed by atoms with Crippen LogP contribution >= 0.6 is 0 Å². The van der Waals surface area contributed by atoms with Crippen LogP contribution in [0.25, 0.3) is 11.0 Å². The van der Waals surface area contributed by atoms with Crippen LogP contribution in [-0.4, -0.2) is 69.0 Å². The maximum Gasteiger partial charge on any atom is 0.254 e. The van der Waals surface area contributed by atoms with Crippen LogP contribution in [0, 0.1) is 0 Å². The highest BCUT2D eigenvalue weighted by atomic mass is 16.3. The molecule has 1 fully saturated rings. The molecule has 0 aliphatic carbocycles. The number of H-pyrrole nitrogens is 1. The zero-order valence-corrected chi connectivity index (χ0v) is 15.4. The molecule has 2 N–H and O–H groups in total. The molecule has 0 radical (unpaired) electrons. The lowest BCUT2D eigenvalue weighted by Gasteiger charge is -2.22. The highest BCUT2D eigenvalue weighted by Gasteiger charge is 2.29. The number of hydrogen-bond acceptors (Lipinski definition) is 4. The number of hydrogen-bond donors (Lipinski definition) is 2. The average Bonchev–Trinajstić information content (AvgIpc) is 3.12. The van der Waals surface area contributed by atoms with Crippen molar-refractivity contribution in [3.05, 3.63) is 66.0 Å². The van der Waals surface area contributed by atoms with Crippen LogP contribution in [0.2, 0.25) is 0 Å². The van der Waals surface area contributed by atoms with Crippen LogP contribution in [0.15, 0.2) is 54.9 Å². The number of aliphatic hydroxyl groups is 1. The number of amides is 2. The van der Waals surface area contributed by atoms with E-state index in [-0.39, 0.29) is 31.4 Å². The van der Waals surface area contributed by atoms with E-state index >= 15 is 0 Å². The van der Waals surface area contributed by atoms with Gasteiger partial charge in [-0.05, 0) is 30.2 Å². The minimum atomic E-state index is -0.776. The number of benzene rings is 2. The third-order valence-electron chi connectivity index (χ3n) is 5.01. The van der Waals surface area contributed by atoms with Gasteiger partial charge in [0, 0.05) is 25.2 Å². The molecular weight excluding hydrogens is 356 g/mol. The largest absolute Gasteiger partial charge is 0.389 e. The van der Waals surface area contributed by atoms with E-state index in [1.165, 1.54) is 4.90 Å². The summed E-state index contributed by atoms with van der Waals surface area (Å²) in [6.45, 7) is 0.843. The Bertz CT molecular complexity index is 985. The maximum atomic E-state index is 12.9. The predicted octanol–water partition coefficient (Wildman–Crippen LogP) is 1.45. The lowest BCUT2D eigenvalue weighted by Crippen LogP contribution is -2.40. The van der Waals surface area contributed by atoms with Crippen molar-refractivity contribution < 1.29 is 14.7 Å². The summed E-state index contributed by atoms with van der Waals surface area (Å²) in [5.74, 6) is -0.419. The maximum absolute atomic E-state index is 12.9. The van der Waals surface area contributed by atoms with Gasteiger partial charge < -0.3 is 19.9 Å². The van der Waals surface area contributed by atoms with Gasteiger partial charge in [-0.1, -0.05) is 30.3 Å². The molecule has 1 atom stereocenters. The van der Waals surface area contributed by atoms with E-state index in [9.17, 15) is 14.7 Å². The van der Waals surface area contributed by atoms with Crippen molar-refractivity contribution in [2.45, 2.75) is 12.5 Å². The Hall–Kier alpha value is -3.19. The number of carbonyl (C=O) groups is 2. The Morgan fingerprint density at radius 2 is 2.00 bits per heavy atom. The molecule has 1 aliphatic heterocycles. The van der Waals surface area contributed by atoms with Crippen LogP contribution < -0.4 is 0 Å². The second-order valence-electron chi connectivity index (χ2n) is 7.05. The molecule has 2 heterocycles. The van der Waals surface area contributed by atoms with Crippen LogP contribution in [0.3, 0.4) is 0 Å². The third-order valence-corrected chi connectivity index (χ3v) is 5.01. The van der Waals surface area contributed by atoms with Gasteiger partial charge in [0.1, 0.15) is 6.54 Å². The van der Waals surface area contributed by atoms with E-state index in [1.807, 2.05) is 30.3 Å². The smallest absolute Gasteiger partial charge is 0.254 e. The summed E-state index contributed by atoms with van der Waals surface area (Å²) in [6.07, 6.45) is 1.51. The molecule has 0 saturated carbocycles. The molecule has 7 nitrogen and oxygen atoms in total. The minimum Gasteiger partial charge on any atom is -0.389 e. The Kier molecular flexibility index (Phi) is 5.08. The fourth-order valence-electron chi connectivity index (χ4n) is 3.53. The number of aromatic nitrogens is 2. The van der Waals surface area contributed by atoms with Crippen molar-refractivity contribution in [2.75, 3.05) is 26.2 Å². The zero-order chi connectivity index (χ0) is 19.5. The fourth-order valence-corrected chi connectivity index (χ4v) is 3.53. The number of carbonyl (C=O) groups excluding carboxylic acids is 2. The van der Waals surface area contributed by atoms with Gasteiger partial charge >= 0.3 is 0 Å². The van der Waals surface area contributed by atoms with E-state index in [0.29, 0.717) is 18.5 Å². The Labute approximate surface area is 162 Å². The first-order valence-corrected chi connectivity index (χ1v) is 9.32. The normalized spacial score (nSPS) is 17.8. The van der Waals surface area contributed by atoms with Gasteiger partial charge in [0.25, 0.3) is 5.91 Å². The molecule has 0 bridgehead atoms. The summed E-state index contributed by atoms with van der Waals surface area (Å²) in [7, 11) is 0. The summed E-state index contributed by atoms with van der Waals surface area (Å²) in [4.78, 5) is 35.8. The number of aromatic amines is 1. The van der Waals surface area contributed by atoms with Crippen molar-refractivity contribution in [1.29, 1.82) is 0 Å². The van der Waals surface area contributed by atoms with Gasteiger partial charge in [0.15, 0.2) is 0 Å². The highest BCUT2D eigenvalue weighted by Crippen LogP contribution is 2.16. The summed E-state index contributed by atoms with van der Waals surface area (Å²) in [5.41, 5.74) is 3.14. The van der Waals surface area contributed by atoms with Crippen molar-refractivity contribution >= 4 is 22.8 Å². The monoisotopic (exact) mass is 378 g/mol. The number of β-amino-alcohol motifs (C(OH)–C–C–N with tert-alkyl or cyclic N) is 1. The van der Waals surface area contributed by atoms with Gasteiger partial charge in [0.05, 0.1) is 23.5 Å². The van der Waals surface area contributed by atoms with Gasteiger partial charge in [0.2, 0.25) is 5.91 Å². The molecular formula is C21H22N4O3. The van der Waals surface area contributed by atoms with E-state index in [0.717, 1.165) is 16.6 Å². The van der Waals surface area contributed by atoms with Crippen molar-refractivity contribution in [3.8, 4) is 0 Å². The Morgan fingerprint density at radius 3 is 2.82 bits per heavy atom. The molecule has 0 spiro atoms. The standard InChI is InChI=1S/C21H22N4O3/c26-17-11-24(9-8-15-4-2-1-3-5-15)20(27)13-25(12-17)21(28)16-6-7-18-19(10-16)23-14-22-18/h1-7,10,14,17,26H,8-9,11-13H2,(H,22,23). The lowest BCUT2D eigenvalue weighted by atomic mass is 10.1. The lowest BCUT2D eigenvalue weighted by molar-refractivity contribution is -0.131. The number of nitrogens with one attached hydrogen (secondary N) is 1. The molecule has 144 valence electrons. The van der Waals surface area contributed by atoms with Crippen LogP contribution in [0.4, 0.5) is 0 Å². The first-order chi connectivity index (χ1) is 13.6. The Morgan fingerprint density at radius 1 is 1.18 bits per heavy atom. The van der Waals surface area contributed by atoms with E-state index in [2.05, 4.69) is 9.97 Å². The zero-order valence-electron chi connectivity index (χ0n) is 15.4. The van der Waals surface area contributed by atoms with Gasteiger partial charge in [-0.3, -0.25) is 9.59 Å². The first kappa shape index (κ1) is 18.2. The second-order valence-corrected chi connectivity index (χ2v) is 7.05. The number of rotatable bonds is 4. The predicted molar refractivity (Wildman–Crippen MR) is 105 cm³/mol. The summed E-state index contributed by atoms with van der Waals surface area (Å²) in [6, 6.07) is 15.1. The van der Waals surface area contributed by atoms with E-state index in [1.54, 1.807) is 29.4 Å².